The van der Waals surface area contributed by atoms with Crippen LogP contribution in [0.15, 0.2) is 24.4 Å². The van der Waals surface area contributed by atoms with Gasteiger partial charge in [0.2, 0.25) is 0 Å². The molecule has 4 nitrogen and oxygen atoms in total. The molecule has 4 N–H and O–H groups in total. The van der Waals surface area contributed by atoms with Crippen LogP contribution in [-0.2, 0) is 6.54 Å². The fraction of sp³-hybridized carbons (Fsp3) is 0.231. The topological polar surface area (TPSA) is 77.8 Å². The number of hydrogen-bond donors (Lipinski definition) is 2. The van der Waals surface area contributed by atoms with Crippen molar-refractivity contribution in [3.8, 4) is 11.4 Å². The van der Waals surface area contributed by atoms with Crippen LogP contribution in [0.1, 0.15) is 16.7 Å². The summed E-state index contributed by atoms with van der Waals surface area (Å²) >= 11 is 0. The van der Waals surface area contributed by atoms with Crippen LogP contribution in [0, 0.1) is 13.8 Å². The van der Waals surface area contributed by atoms with Crippen LogP contribution >= 0.6 is 0 Å². The summed E-state index contributed by atoms with van der Waals surface area (Å²) in [6.45, 7) is 4.46. The van der Waals surface area contributed by atoms with Crippen LogP contribution in [0.3, 0.4) is 0 Å². The summed E-state index contributed by atoms with van der Waals surface area (Å²) in [5, 5.41) is 0. The van der Waals surface area contributed by atoms with Crippen molar-refractivity contribution in [3.63, 3.8) is 0 Å². The molecule has 0 unspecified atom stereocenters. The fourth-order valence-electron chi connectivity index (χ4n) is 1.77. The minimum atomic E-state index is 0.360. The number of nitrogens with zero attached hydrogens (tertiary/aromatic N) is 2. The first-order valence-corrected chi connectivity index (χ1v) is 5.51. The summed E-state index contributed by atoms with van der Waals surface area (Å²) in [6.07, 6.45) is 1.69. The van der Waals surface area contributed by atoms with E-state index >= 15 is 0 Å². The van der Waals surface area contributed by atoms with Crippen molar-refractivity contribution >= 4 is 5.82 Å². The number of rotatable bonds is 2. The molecule has 2 aromatic rings. The van der Waals surface area contributed by atoms with Crippen molar-refractivity contribution in [3.05, 3.63) is 41.1 Å². The Kier molecular flexibility index (Phi) is 3.06. The molecule has 2 rings (SSSR count). The zero-order valence-corrected chi connectivity index (χ0v) is 10.1. The molecule has 17 heavy (non-hydrogen) atoms. The second-order valence-electron chi connectivity index (χ2n) is 4.13. The largest absolute Gasteiger partial charge is 0.383 e. The zero-order valence-electron chi connectivity index (χ0n) is 10.1. The van der Waals surface area contributed by atoms with Gasteiger partial charge < -0.3 is 11.5 Å². The highest BCUT2D eigenvalue weighted by molar-refractivity contribution is 5.62. The quantitative estimate of drug-likeness (QED) is 0.821. The molecule has 0 saturated heterocycles. The smallest absolute Gasteiger partial charge is 0.161 e. The number of aryl methyl sites for hydroxylation is 2. The first-order valence-electron chi connectivity index (χ1n) is 5.51. The second kappa shape index (κ2) is 4.51. The zero-order chi connectivity index (χ0) is 12.4. The standard InChI is InChI=1S/C13H16N4/c1-8-3-4-11(9(2)5-8)13-16-7-10(6-14)12(15)17-13/h3-5,7H,6,14H2,1-2H3,(H2,15,16,17). The maximum atomic E-state index is 5.82. The van der Waals surface area contributed by atoms with E-state index in [1.165, 1.54) is 5.56 Å². The molecule has 0 aliphatic heterocycles. The summed E-state index contributed by atoms with van der Waals surface area (Å²) < 4.78 is 0. The lowest BCUT2D eigenvalue weighted by Gasteiger charge is -2.08. The molecule has 0 saturated carbocycles. The minimum absolute atomic E-state index is 0.360. The Morgan fingerprint density at radius 3 is 2.59 bits per heavy atom. The summed E-state index contributed by atoms with van der Waals surface area (Å²) in [5.41, 5.74) is 15.5. The average molecular weight is 228 g/mol. The molecule has 0 amide bonds. The highest BCUT2D eigenvalue weighted by atomic mass is 14.9. The van der Waals surface area contributed by atoms with E-state index in [2.05, 4.69) is 23.0 Å². The number of hydrogen-bond acceptors (Lipinski definition) is 4. The molecular weight excluding hydrogens is 212 g/mol. The lowest BCUT2D eigenvalue weighted by Crippen LogP contribution is -2.06. The van der Waals surface area contributed by atoms with Crippen LogP contribution < -0.4 is 11.5 Å². The first kappa shape index (κ1) is 11.5. The van der Waals surface area contributed by atoms with Crippen molar-refractivity contribution < 1.29 is 0 Å². The highest BCUT2D eigenvalue weighted by Crippen LogP contribution is 2.22. The Balaban J connectivity index is 2.50. The van der Waals surface area contributed by atoms with Gasteiger partial charge in [0, 0.05) is 23.9 Å². The lowest BCUT2D eigenvalue weighted by atomic mass is 10.1. The summed E-state index contributed by atoms with van der Waals surface area (Å²) in [6, 6.07) is 6.16. The third-order valence-corrected chi connectivity index (χ3v) is 2.74. The van der Waals surface area contributed by atoms with E-state index in [0.29, 0.717) is 18.2 Å². The van der Waals surface area contributed by atoms with E-state index in [4.69, 9.17) is 11.5 Å². The van der Waals surface area contributed by atoms with Gasteiger partial charge in [-0.15, -0.1) is 0 Å². The van der Waals surface area contributed by atoms with E-state index in [9.17, 15) is 0 Å². The van der Waals surface area contributed by atoms with E-state index in [1.54, 1.807) is 6.20 Å². The van der Waals surface area contributed by atoms with Crippen LogP contribution in [0.4, 0.5) is 5.82 Å². The Morgan fingerprint density at radius 2 is 2.00 bits per heavy atom. The molecule has 0 bridgehead atoms. The number of aromatic nitrogens is 2. The molecule has 0 radical (unpaired) electrons. The fourth-order valence-corrected chi connectivity index (χ4v) is 1.77. The minimum Gasteiger partial charge on any atom is -0.383 e. The maximum Gasteiger partial charge on any atom is 0.161 e. The Morgan fingerprint density at radius 1 is 1.24 bits per heavy atom. The monoisotopic (exact) mass is 228 g/mol. The van der Waals surface area contributed by atoms with Gasteiger partial charge in [-0.3, -0.25) is 0 Å². The van der Waals surface area contributed by atoms with Crippen molar-refractivity contribution in [1.29, 1.82) is 0 Å². The lowest BCUT2D eigenvalue weighted by molar-refractivity contribution is 1.02. The van der Waals surface area contributed by atoms with Crippen LogP contribution in [0.25, 0.3) is 11.4 Å². The van der Waals surface area contributed by atoms with Crippen molar-refractivity contribution in [2.75, 3.05) is 5.73 Å². The molecule has 0 atom stereocenters. The predicted octanol–water partition coefficient (Wildman–Crippen LogP) is 1.80. The third-order valence-electron chi connectivity index (χ3n) is 2.74. The van der Waals surface area contributed by atoms with E-state index in [0.717, 1.165) is 16.7 Å². The molecule has 1 aromatic heterocycles. The normalized spacial score (nSPS) is 10.5. The van der Waals surface area contributed by atoms with Gasteiger partial charge in [0.25, 0.3) is 0 Å². The molecule has 1 heterocycles. The van der Waals surface area contributed by atoms with Crippen molar-refractivity contribution in [1.82, 2.24) is 9.97 Å². The Labute approximate surface area is 101 Å². The van der Waals surface area contributed by atoms with Gasteiger partial charge in [-0.1, -0.05) is 23.8 Å². The summed E-state index contributed by atoms with van der Waals surface area (Å²) in [7, 11) is 0. The van der Waals surface area contributed by atoms with Gasteiger partial charge in [0.15, 0.2) is 5.82 Å². The van der Waals surface area contributed by atoms with Gasteiger partial charge in [0.05, 0.1) is 0 Å². The Bertz CT molecular complexity index is 549. The van der Waals surface area contributed by atoms with E-state index in [-0.39, 0.29) is 0 Å². The van der Waals surface area contributed by atoms with Crippen LogP contribution in [0.2, 0.25) is 0 Å². The number of nitrogen functional groups attached to an aromatic ring is 1. The van der Waals surface area contributed by atoms with Crippen molar-refractivity contribution in [2.24, 2.45) is 5.73 Å². The molecule has 4 heteroatoms. The summed E-state index contributed by atoms with van der Waals surface area (Å²) in [4.78, 5) is 8.59. The van der Waals surface area contributed by atoms with Gasteiger partial charge >= 0.3 is 0 Å². The SMILES string of the molecule is Cc1ccc(-c2ncc(CN)c(N)n2)c(C)c1. The third kappa shape index (κ3) is 2.26. The predicted molar refractivity (Wildman–Crippen MR) is 69.2 cm³/mol. The first-order chi connectivity index (χ1) is 8.11. The highest BCUT2D eigenvalue weighted by Gasteiger charge is 2.07. The van der Waals surface area contributed by atoms with Gasteiger partial charge in [0.1, 0.15) is 5.82 Å². The molecule has 0 aliphatic rings. The van der Waals surface area contributed by atoms with E-state index < -0.39 is 0 Å². The molecule has 0 aliphatic carbocycles. The van der Waals surface area contributed by atoms with Gasteiger partial charge in [-0.25, -0.2) is 9.97 Å². The molecule has 0 fully saturated rings. The maximum absolute atomic E-state index is 5.82. The van der Waals surface area contributed by atoms with E-state index in [1.807, 2.05) is 19.1 Å². The number of nitrogens with two attached hydrogens (primary N) is 2. The summed E-state index contributed by atoms with van der Waals surface area (Å²) in [5.74, 6) is 1.11. The molecule has 88 valence electrons. The number of anilines is 1. The van der Waals surface area contributed by atoms with Crippen LogP contribution in [0.5, 0.6) is 0 Å². The molecular formula is C13H16N4. The average Bonchev–Trinajstić information content (AvgIpc) is 2.29. The van der Waals surface area contributed by atoms with Crippen molar-refractivity contribution in [2.45, 2.75) is 20.4 Å². The van der Waals surface area contributed by atoms with Crippen LogP contribution in [-0.4, -0.2) is 9.97 Å². The van der Waals surface area contributed by atoms with Gasteiger partial charge in [-0.2, -0.15) is 0 Å². The molecule has 0 spiro atoms. The Hall–Kier alpha value is -1.94. The number of benzene rings is 1. The second-order valence-corrected chi connectivity index (χ2v) is 4.13. The molecule has 1 aromatic carbocycles. The van der Waals surface area contributed by atoms with Gasteiger partial charge in [-0.05, 0) is 19.4 Å².